The zero-order valence-corrected chi connectivity index (χ0v) is 12.4. The second kappa shape index (κ2) is 7.71. The van der Waals surface area contributed by atoms with Crippen molar-refractivity contribution in [1.29, 1.82) is 0 Å². The van der Waals surface area contributed by atoms with Crippen LogP contribution in [-0.4, -0.2) is 24.3 Å². The summed E-state index contributed by atoms with van der Waals surface area (Å²) in [5.74, 6) is 0.790. The summed E-state index contributed by atoms with van der Waals surface area (Å²) in [5, 5.41) is 3.58. The Balaban J connectivity index is 1.92. The average molecular weight is 264 g/mol. The molecule has 1 N–H and O–H groups in total. The van der Waals surface area contributed by atoms with Crippen molar-refractivity contribution in [1.82, 2.24) is 9.88 Å². The topological polar surface area (TPSA) is 26.2 Å². The van der Waals surface area contributed by atoms with Crippen LogP contribution in [0.5, 0.6) is 0 Å². The van der Waals surface area contributed by atoms with Crippen LogP contribution in [0.15, 0.2) is 18.5 Å². The van der Waals surface area contributed by atoms with Crippen molar-refractivity contribution in [3.05, 3.63) is 24.0 Å². The molecular formula is C16H28N2O. The molecule has 1 aromatic heterocycles. The molecule has 0 aliphatic carbocycles. The smallest absolute Gasteiger partial charge is 0.0469 e. The summed E-state index contributed by atoms with van der Waals surface area (Å²) in [7, 11) is 0. The van der Waals surface area contributed by atoms with Gasteiger partial charge in [0.25, 0.3) is 0 Å². The Morgan fingerprint density at radius 3 is 2.84 bits per heavy atom. The van der Waals surface area contributed by atoms with Gasteiger partial charge in [-0.15, -0.1) is 0 Å². The van der Waals surface area contributed by atoms with E-state index < -0.39 is 0 Å². The molecule has 108 valence electrons. The van der Waals surface area contributed by atoms with Crippen molar-refractivity contribution < 1.29 is 4.74 Å². The van der Waals surface area contributed by atoms with E-state index in [-0.39, 0.29) is 0 Å². The first-order chi connectivity index (χ1) is 9.33. The molecule has 3 heteroatoms. The van der Waals surface area contributed by atoms with Crippen LogP contribution >= 0.6 is 0 Å². The summed E-state index contributed by atoms with van der Waals surface area (Å²) in [4.78, 5) is 0. The standard InChI is InChI=1S/C16H28N2O/c1-3-5-16(17-4-2)15-6-9-18(13-15)12-14-7-10-19-11-8-14/h6,9,13-14,16-17H,3-5,7-8,10-12H2,1-2H3. The van der Waals surface area contributed by atoms with Gasteiger partial charge in [-0.05, 0) is 43.4 Å². The molecule has 1 fully saturated rings. The third-order valence-electron chi connectivity index (χ3n) is 4.01. The molecule has 3 nitrogen and oxygen atoms in total. The van der Waals surface area contributed by atoms with E-state index >= 15 is 0 Å². The predicted octanol–water partition coefficient (Wildman–Crippen LogP) is 3.37. The van der Waals surface area contributed by atoms with Gasteiger partial charge < -0.3 is 14.6 Å². The second-order valence-electron chi connectivity index (χ2n) is 5.60. The maximum Gasteiger partial charge on any atom is 0.0469 e. The summed E-state index contributed by atoms with van der Waals surface area (Å²) in [5.41, 5.74) is 1.44. The fourth-order valence-corrected chi connectivity index (χ4v) is 2.93. The predicted molar refractivity (Wildman–Crippen MR) is 79.3 cm³/mol. The first-order valence-electron chi connectivity index (χ1n) is 7.80. The minimum atomic E-state index is 0.519. The lowest BCUT2D eigenvalue weighted by Gasteiger charge is -2.22. The second-order valence-corrected chi connectivity index (χ2v) is 5.60. The molecule has 1 atom stereocenters. The molecule has 0 bridgehead atoms. The Morgan fingerprint density at radius 2 is 2.16 bits per heavy atom. The van der Waals surface area contributed by atoms with Crippen molar-refractivity contribution in [2.75, 3.05) is 19.8 Å². The molecule has 1 aliphatic rings. The first-order valence-corrected chi connectivity index (χ1v) is 7.80. The van der Waals surface area contributed by atoms with Crippen LogP contribution in [0.4, 0.5) is 0 Å². The van der Waals surface area contributed by atoms with E-state index in [1.165, 1.54) is 31.2 Å². The van der Waals surface area contributed by atoms with Crippen LogP contribution < -0.4 is 5.32 Å². The summed E-state index contributed by atoms with van der Waals surface area (Å²) in [6.45, 7) is 8.50. The molecule has 2 heterocycles. The van der Waals surface area contributed by atoms with E-state index in [4.69, 9.17) is 4.74 Å². The molecule has 2 rings (SSSR count). The van der Waals surface area contributed by atoms with Gasteiger partial charge in [0.15, 0.2) is 0 Å². The average Bonchev–Trinajstić information content (AvgIpc) is 2.88. The number of nitrogens with one attached hydrogen (secondary N) is 1. The van der Waals surface area contributed by atoms with Gasteiger partial charge in [-0.1, -0.05) is 20.3 Å². The van der Waals surface area contributed by atoms with Crippen molar-refractivity contribution in [3.8, 4) is 0 Å². The minimum absolute atomic E-state index is 0.519. The third kappa shape index (κ3) is 4.36. The monoisotopic (exact) mass is 264 g/mol. The van der Waals surface area contributed by atoms with Gasteiger partial charge in [0, 0.05) is 38.2 Å². The number of rotatable bonds is 7. The Labute approximate surface area is 117 Å². The number of nitrogens with zero attached hydrogens (tertiary/aromatic N) is 1. The van der Waals surface area contributed by atoms with E-state index in [9.17, 15) is 0 Å². The van der Waals surface area contributed by atoms with Crippen LogP contribution in [0.2, 0.25) is 0 Å². The van der Waals surface area contributed by atoms with Crippen molar-refractivity contribution in [2.24, 2.45) is 5.92 Å². The molecule has 0 spiro atoms. The highest BCUT2D eigenvalue weighted by molar-refractivity contribution is 5.15. The summed E-state index contributed by atoms with van der Waals surface area (Å²) in [6, 6.07) is 2.80. The lowest BCUT2D eigenvalue weighted by molar-refractivity contribution is 0.0613. The van der Waals surface area contributed by atoms with Gasteiger partial charge in [0.2, 0.25) is 0 Å². The fourth-order valence-electron chi connectivity index (χ4n) is 2.93. The van der Waals surface area contributed by atoms with E-state index in [0.29, 0.717) is 6.04 Å². The Hall–Kier alpha value is -0.800. The van der Waals surface area contributed by atoms with Gasteiger partial charge in [0.1, 0.15) is 0 Å². The fraction of sp³-hybridized carbons (Fsp3) is 0.750. The van der Waals surface area contributed by atoms with E-state index in [1.807, 2.05) is 0 Å². The summed E-state index contributed by atoms with van der Waals surface area (Å²) < 4.78 is 7.79. The van der Waals surface area contributed by atoms with Gasteiger partial charge in [-0.25, -0.2) is 0 Å². The molecule has 1 saturated heterocycles. The first kappa shape index (κ1) is 14.6. The molecule has 1 aromatic rings. The van der Waals surface area contributed by atoms with Crippen LogP contribution in [-0.2, 0) is 11.3 Å². The van der Waals surface area contributed by atoms with Gasteiger partial charge in [-0.2, -0.15) is 0 Å². The number of ether oxygens (including phenoxy) is 1. The Bertz CT molecular complexity index is 349. The molecule has 0 saturated carbocycles. The zero-order valence-electron chi connectivity index (χ0n) is 12.4. The minimum Gasteiger partial charge on any atom is -0.381 e. The van der Waals surface area contributed by atoms with E-state index in [0.717, 1.165) is 32.2 Å². The Kier molecular flexibility index (Phi) is 5.93. The SMILES string of the molecule is CCCC(NCC)c1ccn(CC2CCOCC2)c1. The Morgan fingerprint density at radius 1 is 1.37 bits per heavy atom. The normalized spacial score (nSPS) is 18.6. The van der Waals surface area contributed by atoms with Gasteiger partial charge in [0.05, 0.1) is 0 Å². The molecule has 0 radical (unpaired) electrons. The molecule has 1 aliphatic heterocycles. The highest BCUT2D eigenvalue weighted by atomic mass is 16.5. The maximum absolute atomic E-state index is 5.43. The highest BCUT2D eigenvalue weighted by Crippen LogP contribution is 2.21. The van der Waals surface area contributed by atoms with Crippen LogP contribution in [0.1, 0.15) is 51.1 Å². The largest absolute Gasteiger partial charge is 0.381 e. The van der Waals surface area contributed by atoms with Crippen LogP contribution in [0.25, 0.3) is 0 Å². The van der Waals surface area contributed by atoms with Crippen molar-refractivity contribution in [3.63, 3.8) is 0 Å². The van der Waals surface area contributed by atoms with Crippen LogP contribution in [0.3, 0.4) is 0 Å². The summed E-state index contributed by atoms with van der Waals surface area (Å²) in [6.07, 6.45) is 9.43. The third-order valence-corrected chi connectivity index (χ3v) is 4.01. The number of hydrogen-bond donors (Lipinski definition) is 1. The van der Waals surface area contributed by atoms with Crippen molar-refractivity contribution in [2.45, 2.75) is 52.1 Å². The van der Waals surface area contributed by atoms with Crippen LogP contribution in [0, 0.1) is 5.92 Å². The van der Waals surface area contributed by atoms with E-state index in [2.05, 4.69) is 42.2 Å². The van der Waals surface area contributed by atoms with Gasteiger partial charge in [-0.3, -0.25) is 0 Å². The van der Waals surface area contributed by atoms with E-state index in [1.54, 1.807) is 0 Å². The lowest BCUT2D eigenvalue weighted by Crippen LogP contribution is -2.21. The molecule has 0 amide bonds. The quantitative estimate of drug-likeness (QED) is 0.817. The maximum atomic E-state index is 5.43. The molecular weight excluding hydrogens is 236 g/mol. The highest BCUT2D eigenvalue weighted by Gasteiger charge is 2.15. The summed E-state index contributed by atoms with van der Waals surface area (Å²) >= 11 is 0. The molecule has 1 unspecified atom stereocenters. The van der Waals surface area contributed by atoms with Crippen molar-refractivity contribution >= 4 is 0 Å². The molecule has 19 heavy (non-hydrogen) atoms. The lowest BCUT2D eigenvalue weighted by atomic mass is 10.0. The number of hydrogen-bond acceptors (Lipinski definition) is 2. The number of aromatic nitrogens is 1. The van der Waals surface area contributed by atoms with Gasteiger partial charge >= 0.3 is 0 Å². The zero-order chi connectivity index (χ0) is 13.5. The molecule has 0 aromatic carbocycles.